The second-order valence-corrected chi connectivity index (χ2v) is 36.8. The SMILES string of the molecule is CC[Si](CC)(CC)O[C@@H]1C2=CC(O[Si](C)(C)C)CC[C@]2(C)C2CC[C@@]3(C)C(CC[C@@H]3O[Si](CC)(CC)CC)C2[C@H]1O[Si](CC)(CC)CC. The first-order chi connectivity index (χ1) is 22.6. The Kier molecular flexibility index (Phi) is 13.6. The number of fused-ring (bicyclic) bond motifs is 5. The van der Waals surface area contributed by atoms with Crippen molar-refractivity contribution < 1.29 is 17.7 Å². The van der Waals surface area contributed by atoms with Crippen LogP contribution in [0.2, 0.25) is 74.0 Å². The Hall–Kier alpha value is 0.448. The molecule has 4 rings (SSSR count). The van der Waals surface area contributed by atoms with Crippen LogP contribution >= 0.6 is 0 Å². The van der Waals surface area contributed by atoms with Crippen LogP contribution in [0.1, 0.15) is 115 Å². The van der Waals surface area contributed by atoms with E-state index >= 15 is 0 Å². The van der Waals surface area contributed by atoms with Gasteiger partial charge < -0.3 is 17.7 Å². The highest BCUT2D eigenvalue weighted by atomic mass is 28.4. The van der Waals surface area contributed by atoms with Gasteiger partial charge in [0, 0.05) is 0 Å². The van der Waals surface area contributed by atoms with Gasteiger partial charge in [0.2, 0.25) is 0 Å². The molecule has 3 fully saturated rings. The van der Waals surface area contributed by atoms with Crippen LogP contribution in [0.4, 0.5) is 0 Å². The van der Waals surface area contributed by atoms with E-state index in [1.54, 1.807) is 5.57 Å². The van der Waals surface area contributed by atoms with Gasteiger partial charge in [0.05, 0.1) is 24.4 Å². The molecular weight excluding hydrogens is 657 g/mol. The van der Waals surface area contributed by atoms with Crippen LogP contribution in [0.25, 0.3) is 0 Å². The lowest BCUT2D eigenvalue weighted by atomic mass is 9.46. The smallest absolute Gasteiger partial charge is 0.193 e. The van der Waals surface area contributed by atoms with Gasteiger partial charge in [-0.25, -0.2) is 0 Å². The maximum atomic E-state index is 8.00. The molecular formula is C40H80O4Si4. The maximum absolute atomic E-state index is 8.00. The minimum absolute atomic E-state index is 0.0602. The third-order valence-electron chi connectivity index (χ3n) is 15.5. The molecule has 0 aromatic carbocycles. The van der Waals surface area contributed by atoms with Gasteiger partial charge in [0.25, 0.3) is 0 Å². The van der Waals surface area contributed by atoms with Gasteiger partial charge in [0.1, 0.15) is 0 Å². The van der Waals surface area contributed by atoms with Gasteiger partial charge in [-0.05, 0) is 147 Å². The molecule has 0 aromatic heterocycles. The molecule has 4 unspecified atom stereocenters. The monoisotopic (exact) mass is 737 g/mol. The Morgan fingerprint density at radius 1 is 0.583 bits per heavy atom. The molecule has 0 heterocycles. The largest absolute Gasteiger partial charge is 0.413 e. The topological polar surface area (TPSA) is 36.9 Å². The van der Waals surface area contributed by atoms with Crippen molar-refractivity contribution >= 4 is 33.3 Å². The third-order valence-corrected chi connectivity index (χ3v) is 30.4. The fourth-order valence-electron chi connectivity index (χ4n) is 11.5. The molecule has 4 aliphatic carbocycles. The van der Waals surface area contributed by atoms with Crippen molar-refractivity contribution in [2.24, 2.45) is 28.6 Å². The van der Waals surface area contributed by atoms with Crippen LogP contribution in [-0.4, -0.2) is 57.7 Å². The van der Waals surface area contributed by atoms with Crippen molar-refractivity contribution in [1.82, 2.24) is 0 Å². The molecule has 8 heteroatoms. The Morgan fingerprint density at radius 2 is 1.08 bits per heavy atom. The number of rotatable bonds is 17. The summed E-state index contributed by atoms with van der Waals surface area (Å²) in [4.78, 5) is 0. The Balaban J connectivity index is 1.91. The molecule has 0 aliphatic heterocycles. The number of hydrogen-bond acceptors (Lipinski definition) is 4. The molecule has 0 amide bonds. The number of hydrogen-bond donors (Lipinski definition) is 0. The van der Waals surface area contributed by atoms with E-state index < -0.39 is 33.3 Å². The summed E-state index contributed by atoms with van der Waals surface area (Å²) in [6.45, 7) is 34.1. The first-order valence-electron chi connectivity index (χ1n) is 21.0. The summed E-state index contributed by atoms with van der Waals surface area (Å²) in [5, 5.41) is 0. The summed E-state index contributed by atoms with van der Waals surface area (Å²) < 4.78 is 30.3. The lowest BCUT2D eigenvalue weighted by Gasteiger charge is -2.64. The zero-order valence-electron chi connectivity index (χ0n) is 34.4. The van der Waals surface area contributed by atoms with Crippen LogP contribution < -0.4 is 0 Å². The van der Waals surface area contributed by atoms with Gasteiger partial charge in [-0.3, -0.25) is 0 Å². The standard InChI is InChI=1S/C40H80O4Si4/c1-15-46(16-2,17-3)42-35-25-24-32-36-33(27-29-40(32,35)11)39(10)28-26-31(41-45(12,13)14)30-34(39)37(43-47(18-4,19-5)20-6)38(36)44-48(21-7,22-8)23-9/h30-33,35-38H,15-29H2,1-14H3/t31?,32?,33?,35-,36?,37+,38+,39+,40-/m0/s1. The molecule has 0 aromatic rings. The Labute approximate surface area is 303 Å². The summed E-state index contributed by atoms with van der Waals surface area (Å²) in [7, 11) is -7.32. The van der Waals surface area contributed by atoms with Crippen LogP contribution in [-0.2, 0) is 17.7 Å². The van der Waals surface area contributed by atoms with E-state index in [1.165, 1.54) is 86.5 Å². The molecule has 0 N–H and O–H groups in total. The summed E-state index contributed by atoms with van der Waals surface area (Å²) in [6.07, 6.45) is 11.0. The van der Waals surface area contributed by atoms with Gasteiger partial charge >= 0.3 is 0 Å². The molecule has 0 saturated heterocycles. The van der Waals surface area contributed by atoms with Crippen molar-refractivity contribution in [2.75, 3.05) is 0 Å². The lowest BCUT2D eigenvalue weighted by Crippen LogP contribution is -2.65. The van der Waals surface area contributed by atoms with Crippen molar-refractivity contribution in [3.63, 3.8) is 0 Å². The average molecular weight is 737 g/mol. The molecule has 3 saturated carbocycles. The van der Waals surface area contributed by atoms with Crippen molar-refractivity contribution in [2.45, 2.75) is 213 Å². The second-order valence-electron chi connectivity index (χ2n) is 18.2. The molecule has 4 aliphatic rings. The van der Waals surface area contributed by atoms with E-state index in [0.29, 0.717) is 23.9 Å². The highest BCUT2D eigenvalue weighted by molar-refractivity contribution is 6.74. The van der Waals surface area contributed by atoms with Crippen LogP contribution in [0.3, 0.4) is 0 Å². The molecule has 4 nitrogen and oxygen atoms in total. The molecule has 48 heavy (non-hydrogen) atoms. The third kappa shape index (κ3) is 7.59. The van der Waals surface area contributed by atoms with Crippen LogP contribution in [0, 0.1) is 28.6 Å². The minimum atomic E-state index is -1.96. The highest BCUT2D eigenvalue weighted by Gasteiger charge is 2.66. The predicted molar refractivity (Wildman–Crippen MR) is 217 cm³/mol. The Bertz CT molecular complexity index is 1050. The summed E-state index contributed by atoms with van der Waals surface area (Å²) in [5.74, 6) is 1.82. The van der Waals surface area contributed by atoms with E-state index in [4.69, 9.17) is 17.7 Å². The summed E-state index contributed by atoms with van der Waals surface area (Å²) >= 11 is 0. The molecule has 280 valence electrons. The highest BCUT2D eigenvalue weighted by Crippen LogP contribution is 2.67. The fourth-order valence-corrected chi connectivity index (χ4v) is 21.2. The van der Waals surface area contributed by atoms with E-state index in [1.807, 2.05) is 0 Å². The van der Waals surface area contributed by atoms with E-state index in [-0.39, 0.29) is 29.1 Å². The van der Waals surface area contributed by atoms with Gasteiger partial charge in [-0.15, -0.1) is 0 Å². The normalized spacial score (nSPS) is 36.0. The fraction of sp³-hybridized carbons (Fsp3) is 0.950. The molecule has 0 spiro atoms. The zero-order valence-corrected chi connectivity index (χ0v) is 38.4. The maximum Gasteiger partial charge on any atom is 0.193 e. The van der Waals surface area contributed by atoms with E-state index in [0.717, 1.165) is 6.42 Å². The second kappa shape index (κ2) is 15.8. The minimum Gasteiger partial charge on any atom is -0.413 e. The Morgan fingerprint density at radius 3 is 1.58 bits per heavy atom. The van der Waals surface area contributed by atoms with Gasteiger partial charge in [0.15, 0.2) is 33.3 Å². The quantitative estimate of drug-likeness (QED) is 0.110. The first kappa shape index (κ1) is 41.2. The van der Waals surface area contributed by atoms with Crippen molar-refractivity contribution in [3.05, 3.63) is 11.6 Å². The zero-order chi connectivity index (χ0) is 35.8. The average Bonchev–Trinajstić information content (AvgIpc) is 3.41. The van der Waals surface area contributed by atoms with Crippen LogP contribution in [0.5, 0.6) is 0 Å². The van der Waals surface area contributed by atoms with Crippen molar-refractivity contribution in [1.29, 1.82) is 0 Å². The molecule has 0 bridgehead atoms. The molecule has 0 radical (unpaired) electrons. The summed E-state index contributed by atoms with van der Waals surface area (Å²) in [5.41, 5.74) is 1.96. The lowest BCUT2D eigenvalue weighted by molar-refractivity contribution is -0.146. The summed E-state index contributed by atoms with van der Waals surface area (Å²) in [6, 6.07) is 10.9. The van der Waals surface area contributed by atoms with E-state index in [9.17, 15) is 0 Å². The van der Waals surface area contributed by atoms with Gasteiger partial charge in [-0.2, -0.15) is 0 Å². The first-order valence-corrected chi connectivity index (χ1v) is 32.0. The van der Waals surface area contributed by atoms with Crippen LogP contribution in [0.15, 0.2) is 11.6 Å². The van der Waals surface area contributed by atoms with Crippen molar-refractivity contribution in [3.8, 4) is 0 Å². The predicted octanol–water partition coefficient (Wildman–Crippen LogP) is 12.6. The molecule has 9 atom stereocenters. The van der Waals surface area contributed by atoms with Gasteiger partial charge in [-0.1, -0.05) is 82.2 Å². The van der Waals surface area contributed by atoms with E-state index in [2.05, 4.69) is 102 Å².